The second-order valence-corrected chi connectivity index (χ2v) is 24.5. The minimum atomic E-state index is -4.06. The van der Waals surface area contributed by atoms with Gasteiger partial charge in [-0.3, -0.25) is 9.69 Å². The van der Waals surface area contributed by atoms with Crippen molar-refractivity contribution in [2.75, 3.05) is 52.3 Å². The van der Waals surface area contributed by atoms with Gasteiger partial charge in [-0.1, -0.05) is 135 Å². The van der Waals surface area contributed by atoms with E-state index in [2.05, 4.69) is 88.2 Å². The number of amides is 1. The Morgan fingerprint density at radius 2 is 1.12 bits per heavy atom. The van der Waals surface area contributed by atoms with Crippen molar-refractivity contribution in [1.29, 1.82) is 0 Å². The first kappa shape index (κ1) is 65.6. The van der Waals surface area contributed by atoms with E-state index in [-0.39, 0.29) is 25.2 Å². The number of aldehydes is 1. The standard InChI is InChI=1S/C30H35N5O6S.C30H29NO3.C12H10O2.CH4/c1-30(2,3)41-29(36)34-16-15-22-17-27(40-19-21-11-7-5-8-12-21)26(39-4)18-24(22)25(34)20-42(37,38)28-31-32-33-35(28)23-13-9-6-10-14-23;1-32-26-12-11-23-16-21(8-10-24(23)17-26)9-13-28-27-19-29(33-2)30(18-25(27)14-15-31-28)34-20-22-6-4-3-5-7-22;1-14-12-5-4-10-6-9(8-13)2-3-11(10)7-12;/h5-14,17-18,25,32-33H,15-16,19-20H2,1-4H3;3-13,16-19,28,31H,14-15,20H2,1-2H3;2-8H,1H3;1H4/b;13-9+;;. The highest BCUT2D eigenvalue weighted by molar-refractivity contribution is 8.06. The fourth-order valence-corrected chi connectivity index (χ4v) is 12.3. The zero-order valence-corrected chi connectivity index (χ0v) is 52.3. The molecule has 0 bridgehead atoms. The molecular formula is C73H78N6O11S. The van der Waals surface area contributed by atoms with Gasteiger partial charge in [0.15, 0.2) is 23.0 Å². The third kappa shape index (κ3) is 16.5. The summed E-state index contributed by atoms with van der Waals surface area (Å²) in [7, 11) is 2.50. The van der Waals surface area contributed by atoms with Gasteiger partial charge in [0.1, 0.15) is 36.6 Å². The first-order valence-electron chi connectivity index (χ1n) is 29.6. The molecule has 0 spiro atoms. The number of hydrogen-bond donors (Lipinski definition) is 3. The number of carbonyl (C=O) groups excluding carboxylic acids is 2. The van der Waals surface area contributed by atoms with Gasteiger partial charge in [0.2, 0.25) is 9.84 Å². The number of carbonyl (C=O) groups is 2. The Labute approximate surface area is 533 Å². The van der Waals surface area contributed by atoms with Crippen LogP contribution in [-0.2, 0) is 40.6 Å². The van der Waals surface area contributed by atoms with Crippen LogP contribution in [0.1, 0.15) is 89.6 Å². The highest BCUT2D eigenvalue weighted by Gasteiger charge is 2.41. The van der Waals surface area contributed by atoms with E-state index in [1.54, 1.807) is 78.5 Å². The summed E-state index contributed by atoms with van der Waals surface area (Å²) in [6, 6.07) is 60.1. The van der Waals surface area contributed by atoms with E-state index in [0.717, 1.165) is 69.7 Å². The van der Waals surface area contributed by atoms with Gasteiger partial charge in [0.25, 0.3) is 5.17 Å². The summed E-state index contributed by atoms with van der Waals surface area (Å²) in [5.74, 6) is 3.80. The van der Waals surface area contributed by atoms with E-state index in [0.29, 0.717) is 47.9 Å². The number of anilines is 1. The monoisotopic (exact) mass is 1250 g/mol. The number of methoxy groups -OCH3 is 4. The maximum absolute atomic E-state index is 13.9. The number of ether oxygens (including phenoxy) is 7. The molecular weight excluding hydrogens is 1170 g/mol. The van der Waals surface area contributed by atoms with E-state index in [4.69, 9.17) is 33.2 Å². The Bertz CT molecular complexity index is 4150. The Balaban J connectivity index is 0.000000178. The number of hydrogen-bond acceptors (Lipinski definition) is 16. The van der Waals surface area contributed by atoms with Gasteiger partial charge < -0.3 is 38.5 Å². The zero-order chi connectivity index (χ0) is 63.2. The number of amidine groups is 1. The number of rotatable bonds is 16. The summed E-state index contributed by atoms with van der Waals surface area (Å²) in [4.78, 5) is 25.4. The Morgan fingerprint density at radius 3 is 1.67 bits per heavy atom. The maximum Gasteiger partial charge on any atom is 0.410 e. The molecule has 472 valence electrons. The van der Waals surface area contributed by atoms with Gasteiger partial charge in [-0.2, -0.15) is 0 Å². The third-order valence-electron chi connectivity index (χ3n) is 15.3. The molecule has 3 heterocycles. The van der Waals surface area contributed by atoms with Crippen LogP contribution < -0.4 is 49.8 Å². The molecule has 0 fully saturated rings. The Hall–Kier alpha value is -9.88. The van der Waals surface area contributed by atoms with Crippen LogP contribution in [0.5, 0.6) is 34.5 Å². The van der Waals surface area contributed by atoms with Crippen molar-refractivity contribution in [1.82, 2.24) is 21.3 Å². The summed E-state index contributed by atoms with van der Waals surface area (Å²) < 4.78 is 67.6. The normalized spacial score (nSPS) is 15.0. The average molecular weight is 1250 g/mol. The fraction of sp³-hybridized carbons (Fsp3) is 0.247. The molecule has 0 saturated heterocycles. The summed E-state index contributed by atoms with van der Waals surface area (Å²) in [6.07, 6.45) is 6.11. The molecule has 91 heavy (non-hydrogen) atoms. The molecule has 3 aliphatic heterocycles. The average Bonchev–Trinajstić information content (AvgIpc) is 1.49. The third-order valence-corrected chi connectivity index (χ3v) is 16.9. The molecule has 2 atom stereocenters. The first-order valence-corrected chi connectivity index (χ1v) is 31.2. The molecule has 17 nitrogen and oxygen atoms in total. The SMILES string of the molecule is C.COc1cc2c(cc1OCc1ccccc1)CCN(C(=O)OC(C)(C)C)C2CS(=O)(=O)C1=NNNN1c1ccccc1.COc1ccc2cc(/C=C/C3NCCc4cc(OCc5ccccc5)c(OC)cc43)ccc2c1.COc1ccc2cc(C=O)ccc2c1. The van der Waals surface area contributed by atoms with Crippen molar-refractivity contribution in [3.8, 4) is 34.5 Å². The summed E-state index contributed by atoms with van der Waals surface area (Å²) in [5.41, 5.74) is 13.2. The van der Waals surface area contributed by atoms with Crippen LogP contribution >= 0.6 is 0 Å². The van der Waals surface area contributed by atoms with E-state index >= 15 is 0 Å². The number of para-hydroxylation sites is 1. The van der Waals surface area contributed by atoms with E-state index in [1.807, 2.05) is 97.1 Å². The van der Waals surface area contributed by atoms with Crippen molar-refractivity contribution < 1.29 is 51.2 Å². The van der Waals surface area contributed by atoms with Crippen molar-refractivity contribution in [2.45, 2.75) is 71.9 Å². The number of sulfone groups is 1. The van der Waals surface area contributed by atoms with Crippen molar-refractivity contribution in [3.05, 3.63) is 239 Å². The molecule has 0 aliphatic carbocycles. The first-order chi connectivity index (χ1) is 43.6. The molecule has 9 aromatic carbocycles. The van der Waals surface area contributed by atoms with Crippen LogP contribution in [0, 0.1) is 0 Å². The second-order valence-electron chi connectivity index (χ2n) is 22.6. The molecule has 0 radical (unpaired) electrons. The Morgan fingerprint density at radius 1 is 0.604 bits per heavy atom. The zero-order valence-electron chi connectivity index (χ0n) is 51.5. The predicted octanol–water partition coefficient (Wildman–Crippen LogP) is 14.0. The van der Waals surface area contributed by atoms with Crippen LogP contribution in [0.25, 0.3) is 27.6 Å². The molecule has 0 saturated carbocycles. The van der Waals surface area contributed by atoms with Gasteiger partial charge in [0, 0.05) is 18.7 Å². The number of hydrazine groups is 2. The largest absolute Gasteiger partial charge is 0.497 e. The minimum Gasteiger partial charge on any atom is -0.497 e. The lowest BCUT2D eigenvalue weighted by molar-refractivity contribution is 0.0162. The molecule has 2 unspecified atom stereocenters. The summed E-state index contributed by atoms with van der Waals surface area (Å²) in [6.45, 7) is 7.36. The van der Waals surface area contributed by atoms with Crippen molar-refractivity contribution in [2.24, 2.45) is 5.10 Å². The van der Waals surface area contributed by atoms with Gasteiger partial charge >= 0.3 is 6.09 Å². The van der Waals surface area contributed by atoms with Crippen molar-refractivity contribution >= 4 is 60.7 Å². The van der Waals surface area contributed by atoms with Gasteiger partial charge in [-0.05, 0) is 167 Å². The highest BCUT2D eigenvalue weighted by Crippen LogP contribution is 2.41. The van der Waals surface area contributed by atoms with Crippen LogP contribution in [0.15, 0.2) is 199 Å². The van der Waals surface area contributed by atoms with Crippen LogP contribution in [-0.4, -0.2) is 83.7 Å². The number of nitrogens with zero attached hydrogens (tertiary/aromatic N) is 3. The molecule has 3 aliphatic rings. The van der Waals surface area contributed by atoms with Gasteiger partial charge in [0.05, 0.1) is 52.0 Å². The number of fused-ring (bicyclic) bond motifs is 4. The lowest BCUT2D eigenvalue weighted by atomic mass is 9.93. The van der Waals surface area contributed by atoms with E-state index < -0.39 is 33.3 Å². The molecule has 9 aromatic rings. The number of nitrogens with one attached hydrogen (secondary N) is 3. The van der Waals surface area contributed by atoms with Crippen LogP contribution in [0.3, 0.4) is 0 Å². The Kier molecular flexibility index (Phi) is 21.7. The van der Waals surface area contributed by atoms with Crippen molar-refractivity contribution in [3.63, 3.8) is 0 Å². The van der Waals surface area contributed by atoms with E-state index in [9.17, 15) is 18.0 Å². The molecule has 1 amide bonds. The van der Waals surface area contributed by atoms with Gasteiger partial charge in [-0.15, -0.1) is 10.6 Å². The highest BCUT2D eigenvalue weighted by atomic mass is 32.2. The predicted molar refractivity (Wildman–Crippen MR) is 360 cm³/mol. The van der Waals surface area contributed by atoms with Crippen LogP contribution in [0.2, 0.25) is 0 Å². The molecule has 0 aromatic heterocycles. The van der Waals surface area contributed by atoms with E-state index in [1.165, 1.54) is 44.5 Å². The second kappa shape index (κ2) is 30.1. The fourth-order valence-electron chi connectivity index (χ4n) is 10.8. The minimum absolute atomic E-state index is 0. The molecule has 12 rings (SSSR count). The topological polar surface area (TPSA) is 188 Å². The van der Waals surface area contributed by atoms with Crippen LogP contribution in [0.4, 0.5) is 10.5 Å². The lowest BCUT2D eigenvalue weighted by Gasteiger charge is -2.38. The van der Waals surface area contributed by atoms with Gasteiger partial charge in [-0.25, -0.2) is 23.8 Å². The number of hydrazone groups is 1. The maximum atomic E-state index is 13.9. The molecule has 3 N–H and O–H groups in total. The number of benzene rings is 9. The summed E-state index contributed by atoms with van der Waals surface area (Å²) in [5, 5.41) is 13.3. The smallest absolute Gasteiger partial charge is 0.410 e. The summed E-state index contributed by atoms with van der Waals surface area (Å²) >= 11 is 0. The quantitative estimate of drug-likeness (QED) is 0.0775. The molecule has 18 heteroatoms. The lowest BCUT2D eigenvalue weighted by Crippen LogP contribution is -2.48.